The predicted octanol–water partition coefficient (Wildman–Crippen LogP) is 3.40. The Bertz CT molecular complexity index is 994. The van der Waals surface area contributed by atoms with Crippen molar-refractivity contribution in [2.75, 3.05) is 7.05 Å². The third-order valence-corrected chi connectivity index (χ3v) is 4.86. The van der Waals surface area contributed by atoms with Gasteiger partial charge in [-0.05, 0) is 42.7 Å². The number of carbonyl (C=O) groups excluding carboxylic acids is 2. The number of carbonyl (C=O) groups is 2. The van der Waals surface area contributed by atoms with Crippen molar-refractivity contribution < 1.29 is 9.59 Å². The summed E-state index contributed by atoms with van der Waals surface area (Å²) in [6.45, 7) is 0.520. The largest absolute Gasteiger partial charge is 0.355 e. The molecule has 1 saturated carbocycles. The van der Waals surface area contributed by atoms with Crippen LogP contribution in [-0.4, -0.2) is 34.8 Å². The lowest BCUT2D eigenvalue weighted by Crippen LogP contribution is -2.33. The third-order valence-electron chi connectivity index (χ3n) is 4.86. The SMILES string of the molecule is CNC(=O)c1ccc(CN(C(=O)c2ccc3ccccc3n2)C2CC2)cc1. The monoisotopic (exact) mass is 359 g/mol. The minimum Gasteiger partial charge on any atom is -0.355 e. The Morgan fingerprint density at radius 2 is 1.78 bits per heavy atom. The number of hydrogen-bond donors (Lipinski definition) is 1. The average Bonchev–Trinajstić information content (AvgIpc) is 3.56. The minimum absolute atomic E-state index is 0.0429. The molecule has 0 unspecified atom stereocenters. The summed E-state index contributed by atoms with van der Waals surface area (Å²) in [6.07, 6.45) is 2.05. The molecule has 0 aliphatic heterocycles. The highest BCUT2D eigenvalue weighted by Crippen LogP contribution is 2.30. The number of hydrogen-bond acceptors (Lipinski definition) is 3. The van der Waals surface area contributed by atoms with E-state index in [0.29, 0.717) is 17.8 Å². The lowest BCUT2D eigenvalue weighted by Gasteiger charge is -2.22. The maximum absolute atomic E-state index is 13.1. The van der Waals surface area contributed by atoms with E-state index in [9.17, 15) is 9.59 Å². The first-order valence-corrected chi connectivity index (χ1v) is 9.13. The first kappa shape index (κ1) is 17.2. The highest BCUT2D eigenvalue weighted by Gasteiger charge is 2.33. The van der Waals surface area contributed by atoms with E-state index in [0.717, 1.165) is 29.3 Å². The van der Waals surface area contributed by atoms with Crippen molar-refractivity contribution in [1.82, 2.24) is 15.2 Å². The summed E-state index contributed by atoms with van der Waals surface area (Å²) in [7, 11) is 1.61. The zero-order valence-electron chi connectivity index (χ0n) is 15.2. The van der Waals surface area contributed by atoms with Gasteiger partial charge in [0.1, 0.15) is 5.69 Å². The van der Waals surface area contributed by atoms with Crippen molar-refractivity contribution in [2.45, 2.75) is 25.4 Å². The van der Waals surface area contributed by atoms with Crippen LogP contribution >= 0.6 is 0 Å². The van der Waals surface area contributed by atoms with Crippen LogP contribution in [0.2, 0.25) is 0 Å². The van der Waals surface area contributed by atoms with Crippen molar-refractivity contribution in [3.63, 3.8) is 0 Å². The van der Waals surface area contributed by atoms with Crippen molar-refractivity contribution >= 4 is 22.7 Å². The van der Waals surface area contributed by atoms with Crippen molar-refractivity contribution in [1.29, 1.82) is 0 Å². The molecule has 1 aliphatic carbocycles. The summed E-state index contributed by atoms with van der Waals surface area (Å²) >= 11 is 0. The van der Waals surface area contributed by atoms with Crippen molar-refractivity contribution in [3.8, 4) is 0 Å². The molecule has 1 N–H and O–H groups in total. The molecule has 0 saturated heterocycles. The Kier molecular flexibility index (Phi) is 4.59. The number of nitrogens with one attached hydrogen (secondary N) is 1. The number of amides is 2. The van der Waals surface area contributed by atoms with Gasteiger partial charge in [-0.1, -0.05) is 36.4 Å². The van der Waals surface area contributed by atoms with Crippen LogP contribution in [0.5, 0.6) is 0 Å². The minimum atomic E-state index is -0.114. The quantitative estimate of drug-likeness (QED) is 0.759. The van der Waals surface area contributed by atoms with Gasteiger partial charge in [0.25, 0.3) is 11.8 Å². The summed E-state index contributed by atoms with van der Waals surface area (Å²) in [4.78, 5) is 31.2. The highest BCUT2D eigenvalue weighted by molar-refractivity contribution is 5.95. The second-order valence-electron chi connectivity index (χ2n) is 6.83. The number of para-hydroxylation sites is 1. The van der Waals surface area contributed by atoms with E-state index in [-0.39, 0.29) is 17.9 Å². The fraction of sp³-hybridized carbons (Fsp3) is 0.227. The maximum atomic E-state index is 13.1. The van der Waals surface area contributed by atoms with Gasteiger partial charge in [0.05, 0.1) is 5.52 Å². The van der Waals surface area contributed by atoms with Crippen LogP contribution in [-0.2, 0) is 6.54 Å². The Balaban J connectivity index is 1.56. The zero-order chi connectivity index (χ0) is 18.8. The molecule has 136 valence electrons. The third kappa shape index (κ3) is 3.67. The van der Waals surface area contributed by atoms with Gasteiger partial charge in [-0.3, -0.25) is 9.59 Å². The molecule has 4 rings (SSSR count). The van der Waals surface area contributed by atoms with Gasteiger partial charge in [-0.25, -0.2) is 4.98 Å². The Morgan fingerprint density at radius 1 is 1.04 bits per heavy atom. The van der Waals surface area contributed by atoms with Gasteiger partial charge < -0.3 is 10.2 Å². The zero-order valence-corrected chi connectivity index (χ0v) is 15.2. The average molecular weight is 359 g/mol. The number of benzene rings is 2. The Hall–Kier alpha value is -3.21. The topological polar surface area (TPSA) is 62.3 Å². The van der Waals surface area contributed by atoms with E-state index in [4.69, 9.17) is 0 Å². The molecule has 1 aliphatic rings. The Morgan fingerprint density at radius 3 is 2.48 bits per heavy atom. The molecular weight excluding hydrogens is 338 g/mol. The van der Waals surface area contributed by atoms with Crippen LogP contribution in [0.25, 0.3) is 10.9 Å². The number of pyridine rings is 1. The summed E-state index contributed by atoms with van der Waals surface area (Å²) < 4.78 is 0. The highest BCUT2D eigenvalue weighted by atomic mass is 16.2. The van der Waals surface area contributed by atoms with Crippen LogP contribution in [0.3, 0.4) is 0 Å². The molecule has 3 aromatic rings. The smallest absolute Gasteiger partial charge is 0.273 e. The first-order chi connectivity index (χ1) is 13.2. The van der Waals surface area contributed by atoms with Gasteiger partial charge >= 0.3 is 0 Å². The van der Waals surface area contributed by atoms with Crippen LogP contribution in [0.15, 0.2) is 60.7 Å². The molecular formula is C22H21N3O2. The van der Waals surface area contributed by atoms with Gasteiger partial charge in [0.15, 0.2) is 0 Å². The van der Waals surface area contributed by atoms with Gasteiger partial charge in [0.2, 0.25) is 0 Å². The van der Waals surface area contributed by atoms with E-state index in [1.807, 2.05) is 47.4 Å². The molecule has 2 aromatic carbocycles. The van der Waals surface area contributed by atoms with Crippen LogP contribution in [0.1, 0.15) is 39.3 Å². The molecule has 5 heteroatoms. The molecule has 27 heavy (non-hydrogen) atoms. The number of nitrogens with zero attached hydrogens (tertiary/aromatic N) is 2. The maximum Gasteiger partial charge on any atom is 0.273 e. The molecule has 1 heterocycles. The van der Waals surface area contributed by atoms with Crippen LogP contribution < -0.4 is 5.32 Å². The predicted molar refractivity (Wildman–Crippen MR) is 104 cm³/mol. The van der Waals surface area contributed by atoms with Crippen LogP contribution in [0.4, 0.5) is 0 Å². The lowest BCUT2D eigenvalue weighted by molar-refractivity contribution is 0.0724. The fourth-order valence-electron chi connectivity index (χ4n) is 3.19. The van der Waals surface area contributed by atoms with E-state index in [1.54, 1.807) is 25.2 Å². The van der Waals surface area contributed by atoms with Crippen molar-refractivity contribution in [3.05, 3.63) is 77.5 Å². The first-order valence-electron chi connectivity index (χ1n) is 9.13. The number of fused-ring (bicyclic) bond motifs is 1. The molecule has 1 aromatic heterocycles. The van der Waals surface area contributed by atoms with E-state index < -0.39 is 0 Å². The summed E-state index contributed by atoms with van der Waals surface area (Å²) in [5, 5.41) is 3.64. The fourth-order valence-corrected chi connectivity index (χ4v) is 3.19. The van der Waals surface area contributed by atoms with E-state index in [2.05, 4.69) is 10.3 Å². The second kappa shape index (κ2) is 7.19. The molecule has 0 atom stereocenters. The lowest BCUT2D eigenvalue weighted by atomic mass is 10.1. The van der Waals surface area contributed by atoms with Gasteiger partial charge in [-0.2, -0.15) is 0 Å². The summed E-state index contributed by atoms with van der Waals surface area (Å²) in [5.74, 6) is -0.157. The molecule has 1 fully saturated rings. The van der Waals surface area contributed by atoms with E-state index >= 15 is 0 Å². The van der Waals surface area contributed by atoms with E-state index in [1.165, 1.54) is 0 Å². The van der Waals surface area contributed by atoms with Gasteiger partial charge in [0, 0.05) is 30.6 Å². The molecule has 5 nitrogen and oxygen atoms in total. The standard InChI is InChI=1S/C22H21N3O2/c1-23-21(26)17-8-6-15(7-9-17)14-25(18-11-12-18)22(27)20-13-10-16-4-2-3-5-19(16)24-20/h2-10,13,18H,11-12,14H2,1H3,(H,23,26). The molecule has 0 spiro atoms. The second-order valence-corrected chi connectivity index (χ2v) is 6.83. The molecule has 0 bridgehead atoms. The Labute approximate surface area is 158 Å². The number of aromatic nitrogens is 1. The number of rotatable bonds is 5. The summed E-state index contributed by atoms with van der Waals surface area (Å²) in [5.41, 5.74) is 2.92. The summed E-state index contributed by atoms with van der Waals surface area (Å²) in [6, 6.07) is 19.2. The molecule has 2 amide bonds. The normalized spacial score (nSPS) is 13.4. The van der Waals surface area contributed by atoms with Gasteiger partial charge in [-0.15, -0.1) is 0 Å². The van der Waals surface area contributed by atoms with Crippen LogP contribution in [0, 0.1) is 0 Å². The molecule has 0 radical (unpaired) electrons. The van der Waals surface area contributed by atoms with Crippen molar-refractivity contribution in [2.24, 2.45) is 0 Å².